The number of aromatic nitrogens is 1. The number of allylic oxidation sites excluding steroid dienone is 1. The van der Waals surface area contributed by atoms with E-state index in [4.69, 9.17) is 9.47 Å². The van der Waals surface area contributed by atoms with E-state index in [1.807, 2.05) is 49.4 Å². The highest BCUT2D eigenvalue weighted by Gasteiger charge is 2.29. The molecule has 2 amide bonds. The molecule has 0 aliphatic carbocycles. The number of hydrogen-bond donors (Lipinski definition) is 2. The van der Waals surface area contributed by atoms with Crippen LogP contribution >= 0.6 is 0 Å². The number of ether oxygens (including phenoxy) is 2. The summed E-state index contributed by atoms with van der Waals surface area (Å²) in [7, 11) is 7.84. The molecular weight excluding hydrogens is 542 g/mol. The van der Waals surface area contributed by atoms with Gasteiger partial charge < -0.3 is 34.5 Å². The number of ketones is 1. The van der Waals surface area contributed by atoms with Crippen molar-refractivity contribution in [2.45, 2.75) is 26.8 Å². The van der Waals surface area contributed by atoms with Crippen LogP contribution in [0, 0.1) is 6.92 Å². The van der Waals surface area contributed by atoms with Crippen molar-refractivity contribution in [3.8, 4) is 11.5 Å². The number of amides is 2. The number of methoxy groups -OCH3 is 1. The Hall–Kier alpha value is -4.76. The number of hydrogen-bond acceptors (Lipinski definition) is 6. The van der Waals surface area contributed by atoms with Crippen LogP contribution in [0.5, 0.6) is 11.5 Å². The van der Waals surface area contributed by atoms with Crippen LogP contribution < -0.4 is 25.0 Å². The standard InChI is InChI=1S/C34H39N5O4/c1-7-39-22(2)27(28-20-26(42-6)14-15-30(28)39)21-32-33(40)29-19-24(11-16-31(29)43-32)36-34(41)35-23-9-12-25(13-10-23)38(5)18-8-17-37(3)4/h9-16,19-21H,7-8,17-18H2,1-6H3,(H2,35,36,41)/b32-21-. The van der Waals surface area contributed by atoms with Crippen LogP contribution in [0.25, 0.3) is 17.0 Å². The van der Waals surface area contributed by atoms with Gasteiger partial charge in [-0.25, -0.2) is 4.79 Å². The zero-order chi connectivity index (χ0) is 30.7. The van der Waals surface area contributed by atoms with Crippen molar-refractivity contribution < 1.29 is 19.1 Å². The summed E-state index contributed by atoms with van der Waals surface area (Å²) in [5.74, 6) is 1.21. The number of anilines is 3. The average Bonchev–Trinajstić information content (AvgIpc) is 3.44. The first-order chi connectivity index (χ1) is 20.7. The summed E-state index contributed by atoms with van der Waals surface area (Å²) in [4.78, 5) is 30.5. The Bertz CT molecular complexity index is 1690. The van der Waals surface area contributed by atoms with Gasteiger partial charge in [-0.15, -0.1) is 0 Å². The summed E-state index contributed by atoms with van der Waals surface area (Å²) in [6.07, 6.45) is 2.87. The van der Waals surface area contributed by atoms with Crippen molar-refractivity contribution in [3.63, 3.8) is 0 Å². The molecule has 5 rings (SSSR count). The van der Waals surface area contributed by atoms with E-state index in [1.165, 1.54) is 0 Å². The Balaban J connectivity index is 1.27. The Morgan fingerprint density at radius 3 is 2.40 bits per heavy atom. The van der Waals surface area contributed by atoms with Gasteiger partial charge in [0.1, 0.15) is 11.5 Å². The van der Waals surface area contributed by atoms with Crippen molar-refractivity contribution in [1.82, 2.24) is 9.47 Å². The van der Waals surface area contributed by atoms with Crippen LogP contribution in [0.1, 0.15) is 35.0 Å². The van der Waals surface area contributed by atoms with Gasteiger partial charge in [0.05, 0.1) is 12.7 Å². The van der Waals surface area contributed by atoms with E-state index in [9.17, 15) is 9.59 Å². The molecule has 224 valence electrons. The molecule has 43 heavy (non-hydrogen) atoms. The lowest BCUT2D eigenvalue weighted by Gasteiger charge is -2.20. The zero-order valence-corrected chi connectivity index (χ0v) is 25.7. The van der Waals surface area contributed by atoms with Crippen LogP contribution in [-0.2, 0) is 6.54 Å². The van der Waals surface area contributed by atoms with Gasteiger partial charge in [-0.3, -0.25) is 4.79 Å². The lowest BCUT2D eigenvalue weighted by atomic mass is 10.1. The Labute approximate surface area is 252 Å². The largest absolute Gasteiger partial charge is 0.497 e. The Kier molecular flexibility index (Phi) is 8.73. The van der Waals surface area contributed by atoms with Crippen LogP contribution in [0.3, 0.4) is 0 Å². The highest BCUT2D eigenvalue weighted by atomic mass is 16.5. The maximum absolute atomic E-state index is 13.4. The van der Waals surface area contributed by atoms with Crippen molar-refractivity contribution in [3.05, 3.63) is 83.2 Å². The van der Waals surface area contributed by atoms with Crippen molar-refractivity contribution in [2.24, 2.45) is 0 Å². The van der Waals surface area contributed by atoms with Gasteiger partial charge in [0.25, 0.3) is 0 Å². The number of fused-ring (bicyclic) bond motifs is 2. The molecule has 1 aromatic heterocycles. The van der Waals surface area contributed by atoms with Crippen LogP contribution in [0.4, 0.5) is 21.9 Å². The van der Waals surface area contributed by atoms with Gasteiger partial charge in [0.2, 0.25) is 5.78 Å². The first kappa shape index (κ1) is 29.7. The minimum absolute atomic E-state index is 0.232. The summed E-state index contributed by atoms with van der Waals surface area (Å²) >= 11 is 0. The lowest BCUT2D eigenvalue weighted by molar-refractivity contribution is 0.101. The second-order valence-corrected chi connectivity index (χ2v) is 11.0. The van der Waals surface area contributed by atoms with Gasteiger partial charge in [-0.2, -0.15) is 0 Å². The maximum Gasteiger partial charge on any atom is 0.323 e. The van der Waals surface area contributed by atoms with E-state index in [0.29, 0.717) is 22.7 Å². The molecule has 0 bridgehead atoms. The summed E-state index contributed by atoms with van der Waals surface area (Å²) in [6, 6.07) is 18.3. The fourth-order valence-corrected chi connectivity index (χ4v) is 5.45. The van der Waals surface area contributed by atoms with Crippen molar-refractivity contribution in [1.29, 1.82) is 0 Å². The first-order valence-electron chi connectivity index (χ1n) is 14.5. The normalized spacial score (nSPS) is 13.4. The quantitative estimate of drug-likeness (QED) is 0.205. The molecule has 2 N–H and O–H groups in total. The number of urea groups is 1. The molecule has 3 aromatic carbocycles. The molecule has 0 saturated carbocycles. The number of rotatable bonds is 10. The smallest absolute Gasteiger partial charge is 0.323 e. The topological polar surface area (TPSA) is 88.1 Å². The van der Waals surface area contributed by atoms with Crippen LogP contribution in [0.15, 0.2) is 66.4 Å². The van der Waals surface area contributed by atoms with E-state index >= 15 is 0 Å². The van der Waals surface area contributed by atoms with E-state index in [0.717, 1.165) is 59.7 Å². The number of carbonyl (C=O) groups excluding carboxylic acids is 2. The molecule has 0 radical (unpaired) electrons. The van der Waals surface area contributed by atoms with Gasteiger partial charge in [-0.1, -0.05) is 0 Å². The molecule has 9 nitrogen and oxygen atoms in total. The molecule has 0 atom stereocenters. The number of carbonyl (C=O) groups is 2. The summed E-state index contributed by atoms with van der Waals surface area (Å²) in [6.45, 7) is 6.89. The molecule has 0 unspecified atom stereocenters. The number of Topliss-reactive ketones (excluding diaryl/α,β-unsaturated/α-hetero) is 1. The first-order valence-corrected chi connectivity index (χ1v) is 14.5. The summed E-state index contributed by atoms with van der Waals surface area (Å²) in [5, 5.41) is 6.68. The molecule has 0 saturated heterocycles. The SMILES string of the molecule is CCn1c(C)c(/C=C2\Oc3ccc(NC(=O)Nc4ccc(N(C)CCCN(C)C)cc4)cc3C2=O)c2cc(OC)ccc21. The predicted molar refractivity (Wildman–Crippen MR) is 174 cm³/mol. The number of nitrogens with zero attached hydrogens (tertiary/aromatic N) is 3. The maximum atomic E-state index is 13.4. The van der Waals surface area contributed by atoms with Crippen LogP contribution in [0.2, 0.25) is 0 Å². The van der Waals surface area contributed by atoms with E-state index < -0.39 is 6.03 Å². The minimum Gasteiger partial charge on any atom is -0.497 e. The third-order valence-electron chi connectivity index (χ3n) is 7.76. The van der Waals surface area contributed by atoms with Crippen molar-refractivity contribution >= 4 is 45.9 Å². The van der Waals surface area contributed by atoms with Crippen molar-refractivity contribution in [2.75, 3.05) is 56.9 Å². The third kappa shape index (κ3) is 6.36. The molecule has 1 aliphatic heterocycles. The minimum atomic E-state index is -0.397. The van der Waals surface area contributed by atoms with Gasteiger partial charge in [-0.05, 0) is 108 Å². The molecule has 2 heterocycles. The van der Waals surface area contributed by atoms with E-state index in [1.54, 1.807) is 31.4 Å². The highest BCUT2D eigenvalue weighted by molar-refractivity contribution is 6.16. The highest BCUT2D eigenvalue weighted by Crippen LogP contribution is 2.37. The Morgan fingerprint density at radius 1 is 0.977 bits per heavy atom. The molecule has 1 aliphatic rings. The third-order valence-corrected chi connectivity index (χ3v) is 7.76. The predicted octanol–water partition coefficient (Wildman–Crippen LogP) is 6.63. The fraction of sp³-hybridized carbons (Fsp3) is 0.294. The molecule has 0 fully saturated rings. The second kappa shape index (κ2) is 12.6. The van der Waals surface area contributed by atoms with Gasteiger partial charge >= 0.3 is 6.03 Å². The second-order valence-electron chi connectivity index (χ2n) is 11.0. The van der Waals surface area contributed by atoms with Crippen LogP contribution in [-0.4, -0.2) is 62.6 Å². The molecule has 4 aromatic rings. The number of benzene rings is 3. The summed E-state index contributed by atoms with van der Waals surface area (Å²) < 4.78 is 13.6. The number of nitrogens with one attached hydrogen (secondary N) is 2. The summed E-state index contributed by atoms with van der Waals surface area (Å²) in [5.41, 5.74) is 5.67. The number of aryl methyl sites for hydroxylation is 1. The van der Waals surface area contributed by atoms with E-state index in [2.05, 4.69) is 53.1 Å². The molecule has 0 spiro atoms. The zero-order valence-electron chi connectivity index (χ0n) is 25.7. The molecule has 9 heteroatoms. The average molecular weight is 582 g/mol. The lowest BCUT2D eigenvalue weighted by Crippen LogP contribution is -2.23. The van der Waals surface area contributed by atoms with Gasteiger partial charge in [0, 0.05) is 59.4 Å². The van der Waals surface area contributed by atoms with Gasteiger partial charge in [0.15, 0.2) is 5.76 Å². The monoisotopic (exact) mass is 581 g/mol. The Morgan fingerprint density at radius 2 is 1.70 bits per heavy atom. The fourth-order valence-electron chi connectivity index (χ4n) is 5.45. The van der Waals surface area contributed by atoms with E-state index in [-0.39, 0.29) is 11.5 Å². The molecular formula is C34H39N5O4.